The quantitative estimate of drug-likeness (QED) is 0.728. The van der Waals surface area contributed by atoms with Crippen LogP contribution in [0, 0.1) is 0 Å². The van der Waals surface area contributed by atoms with E-state index in [1.54, 1.807) is 18.5 Å². The van der Waals surface area contributed by atoms with E-state index < -0.39 is 0 Å². The second kappa shape index (κ2) is 11.3. The fraction of sp³-hybridized carbons (Fsp3) is 0. The molecule has 1 aromatic rings. The van der Waals surface area contributed by atoms with Crippen molar-refractivity contribution in [3.8, 4) is 0 Å². The first-order valence-corrected chi connectivity index (χ1v) is 1.58. The Balaban J connectivity index is -0.000000120. The molecule has 0 amide bonds. The maximum absolute atomic E-state index is 3.42. The third-order valence-corrected chi connectivity index (χ3v) is 0.409. The predicted molar refractivity (Wildman–Crippen MR) is 50.8 cm³/mol. The van der Waals surface area contributed by atoms with E-state index in [2.05, 4.69) is 15.4 Å². The van der Waals surface area contributed by atoms with Crippen LogP contribution >= 0.6 is 50.9 Å². The topological polar surface area (TPSA) is 38.7 Å². The zero-order valence-electron chi connectivity index (χ0n) is 4.30. The molecule has 0 aromatic carbocycles. The van der Waals surface area contributed by atoms with E-state index in [9.17, 15) is 0 Å². The monoisotopic (exact) mass is 321 g/mol. The average molecular weight is 324 g/mol. The highest BCUT2D eigenvalue weighted by Crippen LogP contribution is 1.61. The molecular formula is C3H6Br3N3. The molecule has 0 fully saturated rings. The number of nitrogens with zero attached hydrogens (tertiary/aromatic N) is 3. The van der Waals surface area contributed by atoms with Crippen LogP contribution in [0.4, 0.5) is 0 Å². The number of rotatable bonds is 0. The Morgan fingerprint density at radius 1 is 0.778 bits per heavy atom. The maximum Gasteiger partial charge on any atom is 0.0529 e. The molecule has 54 valence electrons. The van der Waals surface area contributed by atoms with Crippen LogP contribution in [0.3, 0.4) is 0 Å². The summed E-state index contributed by atoms with van der Waals surface area (Å²) in [6.45, 7) is 0. The van der Waals surface area contributed by atoms with Crippen LogP contribution < -0.4 is 0 Å². The van der Waals surface area contributed by atoms with Gasteiger partial charge in [0, 0.05) is 0 Å². The lowest BCUT2D eigenvalue weighted by atomic mass is 10.7. The zero-order chi connectivity index (χ0) is 4.24. The van der Waals surface area contributed by atoms with Crippen molar-refractivity contribution in [2.75, 3.05) is 0 Å². The molecule has 9 heavy (non-hydrogen) atoms. The summed E-state index contributed by atoms with van der Waals surface area (Å²) in [5.41, 5.74) is 0. The lowest BCUT2D eigenvalue weighted by Crippen LogP contribution is -1.78. The number of hydrogen-bond donors (Lipinski definition) is 0. The summed E-state index contributed by atoms with van der Waals surface area (Å²) < 4.78 is 0. The minimum absolute atomic E-state index is 0. The standard InChI is InChI=1S/C3H3N3.3BrH/c1-2-4-6-5-3-1;;;/h1-3H;3*1H. The van der Waals surface area contributed by atoms with Gasteiger partial charge in [-0.05, 0) is 11.3 Å². The zero-order valence-corrected chi connectivity index (χ0v) is 9.44. The van der Waals surface area contributed by atoms with E-state index in [0.29, 0.717) is 0 Å². The molecule has 3 nitrogen and oxygen atoms in total. The molecule has 0 N–H and O–H groups in total. The van der Waals surface area contributed by atoms with Gasteiger partial charge >= 0.3 is 0 Å². The molecule has 0 aliphatic carbocycles. The van der Waals surface area contributed by atoms with Gasteiger partial charge in [-0.1, -0.05) is 0 Å². The lowest BCUT2D eigenvalue weighted by molar-refractivity contribution is 0.865. The third kappa shape index (κ3) is 8.45. The Kier molecular flexibility index (Phi) is 20.3. The van der Waals surface area contributed by atoms with Gasteiger partial charge in [0.15, 0.2) is 0 Å². The first-order chi connectivity index (χ1) is 3.00. The van der Waals surface area contributed by atoms with Gasteiger partial charge in [0.25, 0.3) is 0 Å². The second-order valence-corrected chi connectivity index (χ2v) is 0.811. The van der Waals surface area contributed by atoms with Crippen molar-refractivity contribution >= 4 is 50.9 Å². The number of hydrogen-bond acceptors (Lipinski definition) is 3. The molecule has 0 radical (unpaired) electrons. The van der Waals surface area contributed by atoms with Gasteiger partial charge in [-0.3, -0.25) is 0 Å². The largest absolute Gasteiger partial charge is 0.139 e. The molecule has 0 aliphatic rings. The van der Waals surface area contributed by atoms with Crippen molar-refractivity contribution in [1.29, 1.82) is 0 Å². The molecule has 1 aromatic heterocycles. The molecular weight excluding hydrogens is 318 g/mol. The minimum atomic E-state index is 0. The van der Waals surface area contributed by atoms with Crippen molar-refractivity contribution in [1.82, 2.24) is 15.4 Å². The summed E-state index contributed by atoms with van der Waals surface area (Å²) in [4.78, 5) is 0. The molecule has 6 heteroatoms. The third-order valence-electron chi connectivity index (χ3n) is 0.409. The summed E-state index contributed by atoms with van der Waals surface area (Å²) in [5, 5.41) is 10.1. The molecule has 0 saturated carbocycles. The highest BCUT2D eigenvalue weighted by molar-refractivity contribution is 8.93. The number of aromatic nitrogens is 3. The fourth-order valence-corrected chi connectivity index (χ4v) is 0.205. The summed E-state index contributed by atoms with van der Waals surface area (Å²) >= 11 is 0. The average Bonchev–Trinajstić information content (AvgIpc) is 1.72. The van der Waals surface area contributed by atoms with Crippen molar-refractivity contribution < 1.29 is 0 Å². The molecule has 1 heterocycles. The Morgan fingerprint density at radius 3 is 1.33 bits per heavy atom. The number of halogens is 3. The second-order valence-electron chi connectivity index (χ2n) is 0.811. The van der Waals surface area contributed by atoms with Crippen LogP contribution in [0.25, 0.3) is 0 Å². The molecule has 0 saturated heterocycles. The van der Waals surface area contributed by atoms with Gasteiger partial charge in [0.1, 0.15) is 0 Å². The van der Waals surface area contributed by atoms with Gasteiger partial charge < -0.3 is 0 Å². The van der Waals surface area contributed by atoms with Crippen LogP contribution in [0.15, 0.2) is 18.5 Å². The predicted octanol–water partition coefficient (Wildman–Crippen LogP) is 1.61. The van der Waals surface area contributed by atoms with E-state index in [-0.39, 0.29) is 50.9 Å². The van der Waals surface area contributed by atoms with Crippen LogP contribution in [0.2, 0.25) is 0 Å². The van der Waals surface area contributed by atoms with Crippen LogP contribution in [-0.4, -0.2) is 15.4 Å². The van der Waals surface area contributed by atoms with Crippen LogP contribution in [-0.2, 0) is 0 Å². The molecule has 0 bridgehead atoms. The Hall–Kier alpha value is 0.450. The van der Waals surface area contributed by atoms with E-state index in [0.717, 1.165) is 0 Å². The van der Waals surface area contributed by atoms with E-state index in [1.165, 1.54) is 0 Å². The molecule has 0 spiro atoms. The molecule has 1 rings (SSSR count). The first-order valence-electron chi connectivity index (χ1n) is 1.58. The molecule has 0 unspecified atom stereocenters. The van der Waals surface area contributed by atoms with E-state index in [1.807, 2.05) is 0 Å². The van der Waals surface area contributed by atoms with Gasteiger partial charge in [-0.2, -0.15) is 0 Å². The van der Waals surface area contributed by atoms with Gasteiger partial charge in [0.2, 0.25) is 0 Å². The lowest BCUT2D eigenvalue weighted by Gasteiger charge is -1.68. The normalized spacial score (nSPS) is 5.33. The van der Waals surface area contributed by atoms with Gasteiger partial charge in [-0.15, -0.1) is 61.1 Å². The van der Waals surface area contributed by atoms with E-state index in [4.69, 9.17) is 0 Å². The Labute approximate surface area is 84.6 Å². The smallest absolute Gasteiger partial charge is 0.0529 e. The van der Waals surface area contributed by atoms with Crippen molar-refractivity contribution in [3.05, 3.63) is 18.5 Å². The highest BCUT2D eigenvalue weighted by Gasteiger charge is 1.60. The fourth-order valence-electron chi connectivity index (χ4n) is 0.205. The van der Waals surface area contributed by atoms with Crippen LogP contribution in [0.1, 0.15) is 0 Å². The van der Waals surface area contributed by atoms with Crippen LogP contribution in [0.5, 0.6) is 0 Å². The first kappa shape index (κ1) is 16.2. The van der Waals surface area contributed by atoms with Gasteiger partial charge in [0.05, 0.1) is 12.4 Å². The SMILES string of the molecule is Br.Br.Br.c1cnnnc1. The van der Waals surface area contributed by atoms with E-state index >= 15 is 0 Å². The molecule has 0 atom stereocenters. The molecule has 0 aliphatic heterocycles. The summed E-state index contributed by atoms with van der Waals surface area (Å²) in [6.07, 6.45) is 3.15. The van der Waals surface area contributed by atoms with Gasteiger partial charge in [-0.25, -0.2) is 0 Å². The maximum atomic E-state index is 3.42. The summed E-state index contributed by atoms with van der Waals surface area (Å²) in [7, 11) is 0. The summed E-state index contributed by atoms with van der Waals surface area (Å²) in [5.74, 6) is 0. The Bertz CT molecular complexity index is 86.2. The van der Waals surface area contributed by atoms with Crippen molar-refractivity contribution in [2.45, 2.75) is 0 Å². The highest BCUT2D eigenvalue weighted by atomic mass is 79.9. The van der Waals surface area contributed by atoms with Crippen molar-refractivity contribution in [3.63, 3.8) is 0 Å². The summed E-state index contributed by atoms with van der Waals surface area (Å²) in [6, 6.07) is 1.72. The minimum Gasteiger partial charge on any atom is -0.139 e. The Morgan fingerprint density at radius 2 is 1.22 bits per heavy atom. The van der Waals surface area contributed by atoms with Crippen molar-refractivity contribution in [2.24, 2.45) is 0 Å².